The average molecular weight is 310 g/mol. The summed E-state index contributed by atoms with van der Waals surface area (Å²) in [6.45, 7) is 8.17. The summed E-state index contributed by atoms with van der Waals surface area (Å²) in [5, 5.41) is 2.73. The number of carbonyl (C=O) groups excluding carboxylic acids is 1. The van der Waals surface area contributed by atoms with E-state index >= 15 is 0 Å². The van der Waals surface area contributed by atoms with E-state index in [2.05, 4.69) is 11.9 Å². The third-order valence-electron chi connectivity index (χ3n) is 3.22. The smallest absolute Gasteiger partial charge is 0.251 e. The number of sulfonamides is 1. The summed E-state index contributed by atoms with van der Waals surface area (Å²) in [5.74, 6) is -0.204. The molecule has 0 saturated heterocycles. The van der Waals surface area contributed by atoms with Gasteiger partial charge in [0.25, 0.3) is 5.91 Å². The van der Waals surface area contributed by atoms with Crippen LogP contribution in [0.2, 0.25) is 0 Å². The van der Waals surface area contributed by atoms with Crippen molar-refractivity contribution in [3.63, 3.8) is 0 Å². The fraction of sp³-hybridized carbons (Fsp3) is 0.400. The Morgan fingerprint density at radius 1 is 1.33 bits per heavy atom. The first-order valence-electron chi connectivity index (χ1n) is 6.67. The van der Waals surface area contributed by atoms with Gasteiger partial charge in [0.1, 0.15) is 0 Å². The van der Waals surface area contributed by atoms with Gasteiger partial charge in [-0.3, -0.25) is 4.79 Å². The predicted octanol–water partition coefficient (Wildman–Crippen LogP) is 1.48. The van der Waals surface area contributed by atoms with Crippen LogP contribution < -0.4 is 5.32 Å². The molecule has 5 nitrogen and oxygen atoms in total. The third-order valence-corrected chi connectivity index (χ3v) is 4.49. The van der Waals surface area contributed by atoms with Gasteiger partial charge in [0.2, 0.25) is 10.0 Å². The van der Waals surface area contributed by atoms with Crippen molar-refractivity contribution in [2.24, 2.45) is 0 Å². The molecule has 0 fully saturated rings. The second-order valence-corrected chi connectivity index (χ2v) is 6.95. The molecule has 0 aliphatic carbocycles. The summed E-state index contributed by atoms with van der Waals surface area (Å²) in [6, 6.07) is 5.48. The van der Waals surface area contributed by atoms with Crippen molar-refractivity contribution in [2.75, 3.05) is 25.9 Å². The molecule has 0 radical (unpaired) electrons. The van der Waals surface area contributed by atoms with Gasteiger partial charge in [-0.25, -0.2) is 8.42 Å². The van der Waals surface area contributed by atoms with E-state index in [1.54, 1.807) is 6.07 Å². The summed E-state index contributed by atoms with van der Waals surface area (Å²) >= 11 is 0. The Balaban J connectivity index is 2.60. The van der Waals surface area contributed by atoms with Crippen molar-refractivity contribution in [1.82, 2.24) is 9.62 Å². The topological polar surface area (TPSA) is 66.5 Å². The molecule has 0 bridgehead atoms. The minimum Gasteiger partial charge on any atom is -0.351 e. The van der Waals surface area contributed by atoms with Gasteiger partial charge in [0, 0.05) is 25.2 Å². The minimum atomic E-state index is -3.29. The lowest BCUT2D eigenvalue weighted by Gasteiger charge is -2.18. The van der Waals surface area contributed by atoms with Gasteiger partial charge < -0.3 is 5.32 Å². The van der Waals surface area contributed by atoms with E-state index < -0.39 is 10.0 Å². The third kappa shape index (κ3) is 5.32. The van der Waals surface area contributed by atoms with Crippen LogP contribution in [-0.2, 0) is 10.0 Å². The number of hydrogen-bond acceptors (Lipinski definition) is 3. The van der Waals surface area contributed by atoms with Crippen LogP contribution >= 0.6 is 0 Å². The molecule has 0 heterocycles. The molecular formula is C15H22N2O3S. The fourth-order valence-electron chi connectivity index (χ4n) is 1.82. The lowest BCUT2D eigenvalue weighted by Crippen LogP contribution is -2.38. The van der Waals surface area contributed by atoms with Crippen LogP contribution in [0.5, 0.6) is 0 Å². The first-order chi connectivity index (χ1) is 9.75. The zero-order valence-electron chi connectivity index (χ0n) is 12.7. The summed E-state index contributed by atoms with van der Waals surface area (Å²) < 4.78 is 24.3. The van der Waals surface area contributed by atoms with Gasteiger partial charge >= 0.3 is 0 Å². The number of aryl methyl sites for hydroxylation is 2. The molecule has 0 aliphatic rings. The Kier molecular flexibility index (Phi) is 6.11. The van der Waals surface area contributed by atoms with E-state index in [1.165, 1.54) is 10.4 Å². The highest BCUT2D eigenvalue weighted by atomic mass is 32.2. The second kappa shape index (κ2) is 7.38. The van der Waals surface area contributed by atoms with Gasteiger partial charge in [-0.2, -0.15) is 4.31 Å². The van der Waals surface area contributed by atoms with Gasteiger partial charge in [-0.05, 0) is 37.1 Å². The van der Waals surface area contributed by atoms with E-state index in [1.807, 2.05) is 26.0 Å². The largest absolute Gasteiger partial charge is 0.351 e. The zero-order chi connectivity index (χ0) is 16.0. The van der Waals surface area contributed by atoms with E-state index in [4.69, 9.17) is 0 Å². The molecule has 0 saturated carbocycles. The molecule has 0 aromatic heterocycles. The highest BCUT2D eigenvalue weighted by molar-refractivity contribution is 7.88. The van der Waals surface area contributed by atoms with Crippen molar-refractivity contribution in [3.05, 3.63) is 47.5 Å². The maximum atomic E-state index is 12.0. The van der Waals surface area contributed by atoms with Crippen molar-refractivity contribution >= 4 is 15.9 Å². The molecule has 1 amide bonds. The molecule has 1 aromatic carbocycles. The number of hydrogen-bond donors (Lipinski definition) is 1. The maximum Gasteiger partial charge on any atom is 0.251 e. The molecule has 1 N–H and O–H groups in total. The maximum absolute atomic E-state index is 12.0. The number of nitrogens with zero attached hydrogens (tertiary/aromatic N) is 1. The SMILES string of the molecule is C=CCN(CCNC(=O)c1ccc(C)c(C)c1)S(C)(=O)=O. The lowest BCUT2D eigenvalue weighted by molar-refractivity contribution is 0.0952. The Morgan fingerprint density at radius 3 is 2.52 bits per heavy atom. The Bertz CT molecular complexity index is 624. The van der Waals surface area contributed by atoms with Crippen molar-refractivity contribution in [1.29, 1.82) is 0 Å². The van der Waals surface area contributed by atoms with Crippen molar-refractivity contribution in [3.8, 4) is 0 Å². The van der Waals surface area contributed by atoms with Crippen molar-refractivity contribution in [2.45, 2.75) is 13.8 Å². The standard InChI is InChI=1S/C15H22N2O3S/c1-5-9-17(21(4,19)20)10-8-16-15(18)14-7-6-12(2)13(3)11-14/h5-7,11H,1,8-10H2,2-4H3,(H,16,18). The number of benzene rings is 1. The van der Waals surface area contributed by atoms with Crippen LogP contribution in [0.25, 0.3) is 0 Å². The average Bonchev–Trinajstić information content (AvgIpc) is 2.39. The highest BCUT2D eigenvalue weighted by Gasteiger charge is 2.15. The summed E-state index contributed by atoms with van der Waals surface area (Å²) in [5.41, 5.74) is 2.75. The monoisotopic (exact) mass is 310 g/mol. The predicted molar refractivity (Wildman–Crippen MR) is 84.9 cm³/mol. The zero-order valence-corrected chi connectivity index (χ0v) is 13.5. The fourth-order valence-corrected chi connectivity index (χ4v) is 2.61. The minimum absolute atomic E-state index is 0.204. The molecule has 0 spiro atoms. The number of rotatable bonds is 7. The summed E-state index contributed by atoms with van der Waals surface area (Å²) in [7, 11) is -3.29. The van der Waals surface area contributed by atoms with Crippen LogP contribution in [0.1, 0.15) is 21.5 Å². The molecule has 116 valence electrons. The lowest BCUT2D eigenvalue weighted by atomic mass is 10.1. The van der Waals surface area contributed by atoms with Gasteiger partial charge in [0.05, 0.1) is 6.26 Å². The molecule has 1 rings (SSSR count). The molecular weight excluding hydrogens is 288 g/mol. The van der Waals surface area contributed by atoms with E-state index in [9.17, 15) is 13.2 Å². The molecule has 1 aromatic rings. The second-order valence-electron chi connectivity index (χ2n) is 4.96. The first kappa shape index (κ1) is 17.4. The molecule has 0 aliphatic heterocycles. The summed E-state index contributed by atoms with van der Waals surface area (Å²) in [4.78, 5) is 12.0. The number of nitrogens with one attached hydrogen (secondary N) is 1. The van der Waals surface area contributed by atoms with Gasteiger partial charge in [-0.15, -0.1) is 6.58 Å². The number of amides is 1. The highest BCUT2D eigenvalue weighted by Crippen LogP contribution is 2.09. The Labute approximate surface area is 126 Å². The summed E-state index contributed by atoms with van der Waals surface area (Å²) in [6.07, 6.45) is 2.66. The van der Waals surface area contributed by atoms with Crippen molar-refractivity contribution < 1.29 is 13.2 Å². The Hall–Kier alpha value is -1.66. The van der Waals surface area contributed by atoms with Gasteiger partial charge in [-0.1, -0.05) is 12.1 Å². The van der Waals surface area contributed by atoms with E-state index in [-0.39, 0.29) is 25.5 Å². The van der Waals surface area contributed by atoms with Crippen LogP contribution in [0.3, 0.4) is 0 Å². The molecule has 6 heteroatoms. The first-order valence-corrected chi connectivity index (χ1v) is 8.52. The van der Waals surface area contributed by atoms with Crippen LogP contribution in [0.4, 0.5) is 0 Å². The quantitative estimate of drug-likeness (QED) is 0.776. The molecule has 0 atom stereocenters. The van der Waals surface area contributed by atoms with E-state index in [0.29, 0.717) is 5.56 Å². The number of carbonyl (C=O) groups is 1. The normalized spacial score (nSPS) is 11.4. The molecule has 21 heavy (non-hydrogen) atoms. The molecule has 0 unspecified atom stereocenters. The van der Waals surface area contributed by atoms with Crippen LogP contribution in [0, 0.1) is 13.8 Å². The van der Waals surface area contributed by atoms with E-state index in [0.717, 1.165) is 17.4 Å². The van der Waals surface area contributed by atoms with Gasteiger partial charge in [0.15, 0.2) is 0 Å². The Morgan fingerprint density at radius 2 is 2.00 bits per heavy atom. The van der Waals surface area contributed by atoms with Crippen LogP contribution in [0.15, 0.2) is 30.9 Å². The van der Waals surface area contributed by atoms with Crippen LogP contribution in [-0.4, -0.2) is 44.5 Å².